The Bertz CT molecular complexity index is 1090. The lowest BCUT2D eigenvalue weighted by Gasteiger charge is -2.28. The predicted octanol–water partition coefficient (Wildman–Crippen LogP) is 6.96. The summed E-state index contributed by atoms with van der Waals surface area (Å²) in [6.45, 7) is 1.73. The molecule has 2 nitrogen and oxygen atoms in total. The Morgan fingerprint density at radius 3 is 2.26 bits per heavy atom. The molecule has 0 unspecified atom stereocenters. The molecule has 1 aliphatic rings. The van der Waals surface area contributed by atoms with Crippen LogP contribution in [-0.2, 0) is 4.74 Å². The zero-order valence-electron chi connectivity index (χ0n) is 17.2. The summed E-state index contributed by atoms with van der Waals surface area (Å²) in [6, 6.07) is 16.5. The van der Waals surface area contributed by atoms with Gasteiger partial charge in [-0.25, -0.2) is 18.0 Å². The van der Waals surface area contributed by atoms with E-state index in [4.69, 9.17) is 4.74 Å². The molecule has 0 spiro atoms. The summed E-state index contributed by atoms with van der Waals surface area (Å²) < 4.78 is 48.5. The Kier molecular flexibility index (Phi) is 6.12. The summed E-state index contributed by atoms with van der Waals surface area (Å²) in [4.78, 5) is 12.5. The summed E-state index contributed by atoms with van der Waals surface area (Å²) >= 11 is 0. The Hall–Kier alpha value is -3.08. The molecule has 31 heavy (non-hydrogen) atoms. The Morgan fingerprint density at radius 2 is 1.58 bits per heavy atom. The Morgan fingerprint density at radius 1 is 0.871 bits per heavy atom. The van der Waals surface area contributed by atoms with E-state index < -0.39 is 23.2 Å². The lowest BCUT2D eigenvalue weighted by molar-refractivity contribution is 0.0189. The summed E-state index contributed by atoms with van der Waals surface area (Å²) in [6.07, 6.45) is 2.31. The number of halogens is 3. The van der Waals surface area contributed by atoms with Crippen LogP contribution in [0.4, 0.5) is 13.2 Å². The number of esters is 1. The lowest BCUT2D eigenvalue weighted by atomic mass is 9.82. The molecular weight excluding hydrogens is 401 g/mol. The van der Waals surface area contributed by atoms with Gasteiger partial charge in [-0.15, -0.1) is 0 Å². The van der Waals surface area contributed by atoms with Gasteiger partial charge in [-0.1, -0.05) is 48.5 Å². The molecule has 3 aromatic rings. The highest BCUT2D eigenvalue weighted by Gasteiger charge is 2.27. The highest BCUT2D eigenvalue weighted by atomic mass is 19.2. The molecule has 0 aromatic heterocycles. The molecule has 1 fully saturated rings. The molecule has 0 atom stereocenters. The molecule has 3 aromatic carbocycles. The van der Waals surface area contributed by atoms with Crippen molar-refractivity contribution in [1.82, 2.24) is 0 Å². The average Bonchev–Trinajstić information content (AvgIpc) is 2.78. The Balaban J connectivity index is 1.41. The van der Waals surface area contributed by atoms with Gasteiger partial charge in [0.15, 0.2) is 11.6 Å². The van der Waals surface area contributed by atoms with Gasteiger partial charge in [0.2, 0.25) is 0 Å². The first-order valence-electron chi connectivity index (χ1n) is 10.4. The quantitative estimate of drug-likeness (QED) is 0.423. The lowest BCUT2D eigenvalue weighted by Crippen LogP contribution is -2.24. The van der Waals surface area contributed by atoms with Gasteiger partial charge in [0.25, 0.3) is 0 Å². The predicted molar refractivity (Wildman–Crippen MR) is 113 cm³/mol. The van der Waals surface area contributed by atoms with Crippen LogP contribution in [0.5, 0.6) is 0 Å². The highest BCUT2D eigenvalue weighted by Crippen LogP contribution is 2.35. The number of ether oxygens (including phenoxy) is 1. The standard InChI is InChI=1S/C26H23F3O2/c1-16-7-8-19(15-23(16)27)17-9-11-20(12-10-17)31-26(30)22-14-13-21(24(28)25(22)29)18-5-3-2-4-6-18/h2-8,13-15,17,20H,9-12H2,1H3. The van der Waals surface area contributed by atoms with Crippen molar-refractivity contribution >= 4 is 5.97 Å². The fourth-order valence-corrected chi connectivity index (χ4v) is 4.14. The van der Waals surface area contributed by atoms with Crippen molar-refractivity contribution in [2.24, 2.45) is 0 Å². The van der Waals surface area contributed by atoms with Crippen molar-refractivity contribution in [1.29, 1.82) is 0 Å². The van der Waals surface area contributed by atoms with Crippen LogP contribution in [0.25, 0.3) is 11.1 Å². The molecule has 0 N–H and O–H groups in total. The van der Waals surface area contributed by atoms with Gasteiger partial charge >= 0.3 is 5.97 Å². The van der Waals surface area contributed by atoms with Crippen LogP contribution >= 0.6 is 0 Å². The second-order valence-electron chi connectivity index (χ2n) is 8.04. The summed E-state index contributed by atoms with van der Waals surface area (Å²) in [5, 5.41) is 0. The number of aryl methyl sites for hydroxylation is 1. The number of carbonyl (C=O) groups excluding carboxylic acids is 1. The minimum absolute atomic E-state index is 0.0977. The van der Waals surface area contributed by atoms with Gasteiger partial charge in [0.1, 0.15) is 11.9 Å². The highest BCUT2D eigenvalue weighted by molar-refractivity contribution is 5.90. The third-order valence-corrected chi connectivity index (χ3v) is 6.00. The van der Waals surface area contributed by atoms with Gasteiger partial charge in [0, 0.05) is 5.56 Å². The molecule has 0 heterocycles. The molecule has 4 rings (SSSR count). The smallest absolute Gasteiger partial charge is 0.341 e. The molecule has 0 aliphatic heterocycles. The third kappa shape index (κ3) is 4.50. The minimum atomic E-state index is -1.20. The molecule has 1 aliphatic carbocycles. The number of benzene rings is 3. The van der Waals surface area contributed by atoms with E-state index in [1.807, 2.05) is 6.07 Å². The van der Waals surface area contributed by atoms with Crippen molar-refractivity contribution in [2.45, 2.75) is 44.6 Å². The Labute approximate surface area is 179 Å². The maximum absolute atomic E-state index is 14.6. The van der Waals surface area contributed by atoms with Crippen LogP contribution in [-0.4, -0.2) is 12.1 Å². The molecule has 0 radical (unpaired) electrons. The molecule has 0 bridgehead atoms. The summed E-state index contributed by atoms with van der Waals surface area (Å²) in [5.74, 6) is -3.14. The second kappa shape index (κ2) is 8.96. The van der Waals surface area contributed by atoms with Crippen LogP contribution < -0.4 is 0 Å². The van der Waals surface area contributed by atoms with E-state index in [0.29, 0.717) is 24.0 Å². The summed E-state index contributed by atoms with van der Waals surface area (Å²) in [7, 11) is 0. The van der Waals surface area contributed by atoms with Gasteiger partial charge in [-0.2, -0.15) is 0 Å². The molecule has 160 valence electrons. The molecule has 0 saturated heterocycles. The normalized spacial score (nSPS) is 18.6. The van der Waals surface area contributed by atoms with Gasteiger partial charge in [-0.3, -0.25) is 0 Å². The first kappa shape index (κ1) is 21.2. The largest absolute Gasteiger partial charge is 0.459 e. The van der Waals surface area contributed by atoms with Crippen LogP contribution in [0, 0.1) is 24.4 Å². The fraction of sp³-hybridized carbons (Fsp3) is 0.269. The van der Waals surface area contributed by atoms with E-state index in [1.54, 1.807) is 49.4 Å². The zero-order chi connectivity index (χ0) is 22.0. The maximum atomic E-state index is 14.6. The molecule has 0 amide bonds. The van der Waals surface area contributed by atoms with Crippen molar-refractivity contribution in [2.75, 3.05) is 0 Å². The minimum Gasteiger partial charge on any atom is -0.459 e. The first-order valence-corrected chi connectivity index (χ1v) is 10.4. The molecule has 1 saturated carbocycles. The van der Waals surface area contributed by atoms with E-state index in [2.05, 4.69) is 0 Å². The van der Waals surface area contributed by atoms with Crippen molar-refractivity contribution in [3.63, 3.8) is 0 Å². The van der Waals surface area contributed by atoms with Crippen molar-refractivity contribution in [3.8, 4) is 11.1 Å². The number of hydrogen-bond donors (Lipinski definition) is 0. The van der Waals surface area contributed by atoms with Crippen LogP contribution in [0.3, 0.4) is 0 Å². The van der Waals surface area contributed by atoms with Crippen molar-refractivity contribution in [3.05, 3.63) is 94.8 Å². The second-order valence-corrected chi connectivity index (χ2v) is 8.04. The van der Waals surface area contributed by atoms with Gasteiger partial charge in [-0.05, 0) is 67.3 Å². The van der Waals surface area contributed by atoms with E-state index in [-0.39, 0.29) is 23.4 Å². The average molecular weight is 424 g/mol. The molecular formula is C26H23F3O2. The number of hydrogen-bond acceptors (Lipinski definition) is 2. The monoisotopic (exact) mass is 424 g/mol. The summed E-state index contributed by atoms with van der Waals surface area (Å²) in [5.41, 5.74) is 1.78. The fourth-order valence-electron chi connectivity index (χ4n) is 4.14. The van der Waals surface area contributed by atoms with Gasteiger partial charge < -0.3 is 4.74 Å². The first-order chi connectivity index (χ1) is 14.9. The molecule has 5 heteroatoms. The van der Waals surface area contributed by atoms with Crippen LogP contribution in [0.15, 0.2) is 60.7 Å². The number of carbonyl (C=O) groups is 1. The number of rotatable bonds is 4. The van der Waals surface area contributed by atoms with Crippen LogP contribution in [0.2, 0.25) is 0 Å². The van der Waals surface area contributed by atoms with E-state index in [1.165, 1.54) is 12.1 Å². The van der Waals surface area contributed by atoms with E-state index in [9.17, 15) is 18.0 Å². The zero-order valence-corrected chi connectivity index (χ0v) is 17.2. The third-order valence-electron chi connectivity index (χ3n) is 6.00. The SMILES string of the molecule is Cc1ccc(C2CCC(OC(=O)c3ccc(-c4ccccc4)c(F)c3F)CC2)cc1F. The van der Waals surface area contributed by atoms with E-state index >= 15 is 0 Å². The maximum Gasteiger partial charge on any atom is 0.341 e. The van der Waals surface area contributed by atoms with Crippen LogP contribution in [0.1, 0.15) is 53.1 Å². The van der Waals surface area contributed by atoms with E-state index in [0.717, 1.165) is 18.4 Å². The van der Waals surface area contributed by atoms with Crippen molar-refractivity contribution < 1.29 is 22.7 Å². The topological polar surface area (TPSA) is 26.3 Å². The van der Waals surface area contributed by atoms with Gasteiger partial charge in [0.05, 0.1) is 5.56 Å².